The molecule has 98 valence electrons. The van der Waals surface area contributed by atoms with Gasteiger partial charge in [-0.15, -0.1) is 0 Å². The first-order valence-corrected chi connectivity index (χ1v) is 6.38. The van der Waals surface area contributed by atoms with E-state index >= 15 is 0 Å². The topological polar surface area (TPSA) is 25.2 Å². The molecule has 3 heteroatoms. The molecule has 1 heterocycles. The minimum absolute atomic E-state index is 0.284. The van der Waals surface area contributed by atoms with Crippen molar-refractivity contribution in [1.29, 1.82) is 0 Å². The van der Waals surface area contributed by atoms with Crippen LogP contribution in [0.25, 0.3) is 11.0 Å². The summed E-state index contributed by atoms with van der Waals surface area (Å²) in [6.07, 6.45) is 0. The highest BCUT2D eigenvalue weighted by molar-refractivity contribution is 5.85. The number of furan rings is 1. The van der Waals surface area contributed by atoms with E-state index in [1.807, 2.05) is 13.8 Å². The smallest absolute Gasteiger partial charge is 0.170 e. The Morgan fingerprint density at radius 1 is 1.28 bits per heavy atom. The first kappa shape index (κ1) is 13.1. The average molecular weight is 249 g/mol. The first-order chi connectivity index (χ1) is 8.50. The second-order valence-corrected chi connectivity index (χ2v) is 5.24. The number of fused-ring (bicyclic) bond motifs is 1. The van der Waals surface area contributed by atoms with Crippen LogP contribution in [-0.2, 0) is 6.54 Å². The molecular formula is C15H20FNO. The highest BCUT2D eigenvalue weighted by Crippen LogP contribution is 2.30. The van der Waals surface area contributed by atoms with Crippen LogP contribution in [0.1, 0.15) is 30.7 Å². The fourth-order valence-corrected chi connectivity index (χ4v) is 2.20. The average Bonchev–Trinajstić information content (AvgIpc) is 2.63. The highest BCUT2D eigenvalue weighted by Gasteiger charge is 2.15. The van der Waals surface area contributed by atoms with Crippen LogP contribution in [-0.4, -0.2) is 6.54 Å². The highest BCUT2D eigenvalue weighted by atomic mass is 19.1. The van der Waals surface area contributed by atoms with Crippen LogP contribution in [0.15, 0.2) is 16.5 Å². The molecule has 1 aromatic heterocycles. The SMILES string of the molecule is Cc1ccc(F)c2oc(CNCC(C)C)c(C)c12. The summed E-state index contributed by atoms with van der Waals surface area (Å²) in [4.78, 5) is 0. The van der Waals surface area contributed by atoms with Crippen LogP contribution >= 0.6 is 0 Å². The molecule has 0 amide bonds. The zero-order chi connectivity index (χ0) is 13.3. The normalized spacial score (nSPS) is 11.7. The van der Waals surface area contributed by atoms with Gasteiger partial charge in [0.1, 0.15) is 5.76 Å². The summed E-state index contributed by atoms with van der Waals surface area (Å²) in [5.41, 5.74) is 2.48. The Labute approximate surface area is 107 Å². The summed E-state index contributed by atoms with van der Waals surface area (Å²) in [7, 11) is 0. The Bertz CT molecular complexity index is 557. The molecule has 0 atom stereocenters. The van der Waals surface area contributed by atoms with Crippen molar-refractivity contribution in [3.63, 3.8) is 0 Å². The van der Waals surface area contributed by atoms with Crippen LogP contribution in [0.2, 0.25) is 0 Å². The third-order valence-electron chi connectivity index (χ3n) is 3.17. The van der Waals surface area contributed by atoms with Gasteiger partial charge in [0.25, 0.3) is 0 Å². The number of nitrogens with one attached hydrogen (secondary N) is 1. The van der Waals surface area contributed by atoms with Crippen molar-refractivity contribution in [2.75, 3.05) is 6.54 Å². The van der Waals surface area contributed by atoms with Crippen molar-refractivity contribution in [1.82, 2.24) is 5.32 Å². The molecule has 2 nitrogen and oxygen atoms in total. The number of benzene rings is 1. The lowest BCUT2D eigenvalue weighted by Gasteiger charge is -2.05. The molecule has 1 N–H and O–H groups in total. The zero-order valence-electron chi connectivity index (χ0n) is 11.4. The molecule has 0 aliphatic heterocycles. The number of hydrogen-bond acceptors (Lipinski definition) is 2. The maximum absolute atomic E-state index is 13.7. The van der Waals surface area contributed by atoms with E-state index in [9.17, 15) is 4.39 Å². The van der Waals surface area contributed by atoms with Gasteiger partial charge in [-0.2, -0.15) is 0 Å². The third-order valence-corrected chi connectivity index (χ3v) is 3.17. The fourth-order valence-electron chi connectivity index (χ4n) is 2.20. The Morgan fingerprint density at radius 3 is 2.61 bits per heavy atom. The second kappa shape index (κ2) is 5.11. The number of hydrogen-bond donors (Lipinski definition) is 1. The number of aryl methyl sites for hydroxylation is 2. The number of halogens is 1. The van der Waals surface area contributed by atoms with Crippen LogP contribution in [0.3, 0.4) is 0 Å². The van der Waals surface area contributed by atoms with Gasteiger partial charge >= 0.3 is 0 Å². The van der Waals surface area contributed by atoms with E-state index in [4.69, 9.17) is 4.42 Å². The molecule has 2 aromatic rings. The predicted octanol–water partition coefficient (Wildman–Crippen LogP) is 3.93. The molecular weight excluding hydrogens is 229 g/mol. The summed E-state index contributed by atoms with van der Waals surface area (Å²) in [5.74, 6) is 1.14. The molecule has 0 aliphatic carbocycles. The summed E-state index contributed by atoms with van der Waals surface area (Å²) in [6, 6.07) is 3.26. The molecule has 0 saturated heterocycles. The van der Waals surface area contributed by atoms with Crippen LogP contribution in [0.5, 0.6) is 0 Å². The molecule has 1 aromatic carbocycles. The lowest BCUT2D eigenvalue weighted by Crippen LogP contribution is -2.18. The Balaban J connectivity index is 2.33. The summed E-state index contributed by atoms with van der Waals surface area (Å²) < 4.78 is 19.4. The molecule has 18 heavy (non-hydrogen) atoms. The fraction of sp³-hybridized carbons (Fsp3) is 0.467. The molecule has 0 aliphatic rings. The van der Waals surface area contributed by atoms with Gasteiger partial charge < -0.3 is 9.73 Å². The van der Waals surface area contributed by atoms with E-state index in [0.29, 0.717) is 18.0 Å². The second-order valence-electron chi connectivity index (χ2n) is 5.24. The maximum atomic E-state index is 13.7. The van der Waals surface area contributed by atoms with Crippen molar-refractivity contribution in [2.24, 2.45) is 5.92 Å². The summed E-state index contributed by atoms with van der Waals surface area (Å²) in [6.45, 7) is 9.86. The van der Waals surface area contributed by atoms with Gasteiger partial charge in [-0.1, -0.05) is 19.9 Å². The summed E-state index contributed by atoms with van der Waals surface area (Å²) in [5, 5.41) is 4.24. The van der Waals surface area contributed by atoms with Crippen molar-refractivity contribution in [3.8, 4) is 0 Å². The lowest BCUT2D eigenvalue weighted by molar-refractivity contribution is 0.472. The Hall–Kier alpha value is -1.35. The number of rotatable bonds is 4. The maximum Gasteiger partial charge on any atom is 0.170 e. The molecule has 2 rings (SSSR count). The van der Waals surface area contributed by atoms with E-state index in [-0.39, 0.29) is 5.82 Å². The van der Waals surface area contributed by atoms with Crippen LogP contribution < -0.4 is 5.32 Å². The quantitative estimate of drug-likeness (QED) is 0.888. The Kier molecular flexibility index (Phi) is 3.71. The monoisotopic (exact) mass is 249 g/mol. The van der Waals surface area contributed by atoms with Crippen molar-refractivity contribution in [2.45, 2.75) is 34.2 Å². The van der Waals surface area contributed by atoms with Crippen molar-refractivity contribution < 1.29 is 8.81 Å². The zero-order valence-corrected chi connectivity index (χ0v) is 11.4. The largest absolute Gasteiger partial charge is 0.456 e. The minimum atomic E-state index is -0.284. The standard InChI is InChI=1S/C15H20FNO/c1-9(2)7-17-8-13-11(4)14-10(3)5-6-12(16)15(14)18-13/h5-6,9,17H,7-8H2,1-4H3. The molecule has 0 radical (unpaired) electrons. The van der Waals surface area contributed by atoms with Gasteiger partial charge in [-0.25, -0.2) is 4.39 Å². The van der Waals surface area contributed by atoms with Gasteiger partial charge in [0.15, 0.2) is 11.4 Å². The Morgan fingerprint density at radius 2 is 2.00 bits per heavy atom. The van der Waals surface area contributed by atoms with Gasteiger partial charge in [0.05, 0.1) is 6.54 Å². The van der Waals surface area contributed by atoms with Crippen molar-refractivity contribution in [3.05, 3.63) is 34.8 Å². The van der Waals surface area contributed by atoms with Gasteiger partial charge in [0.2, 0.25) is 0 Å². The van der Waals surface area contributed by atoms with E-state index in [2.05, 4.69) is 19.2 Å². The molecule has 0 unspecified atom stereocenters. The summed E-state index contributed by atoms with van der Waals surface area (Å²) >= 11 is 0. The first-order valence-electron chi connectivity index (χ1n) is 6.38. The van der Waals surface area contributed by atoms with Gasteiger partial charge in [-0.05, 0) is 37.9 Å². The molecule has 0 spiro atoms. The van der Waals surface area contributed by atoms with Gasteiger partial charge in [0, 0.05) is 10.9 Å². The van der Waals surface area contributed by atoms with E-state index in [0.717, 1.165) is 28.8 Å². The van der Waals surface area contributed by atoms with E-state index in [1.165, 1.54) is 6.07 Å². The molecule has 0 saturated carbocycles. The van der Waals surface area contributed by atoms with Crippen LogP contribution in [0, 0.1) is 25.6 Å². The third kappa shape index (κ3) is 2.41. The van der Waals surface area contributed by atoms with Crippen molar-refractivity contribution >= 4 is 11.0 Å². The minimum Gasteiger partial charge on any atom is -0.456 e. The van der Waals surface area contributed by atoms with Gasteiger partial charge in [-0.3, -0.25) is 0 Å². The molecule has 0 fully saturated rings. The van der Waals surface area contributed by atoms with Crippen LogP contribution in [0.4, 0.5) is 4.39 Å². The lowest BCUT2D eigenvalue weighted by atomic mass is 10.1. The van der Waals surface area contributed by atoms with E-state index in [1.54, 1.807) is 6.07 Å². The van der Waals surface area contributed by atoms with E-state index < -0.39 is 0 Å². The molecule has 0 bridgehead atoms. The predicted molar refractivity (Wildman–Crippen MR) is 72.2 cm³/mol.